The summed E-state index contributed by atoms with van der Waals surface area (Å²) in [5.74, 6) is 1.04. The summed E-state index contributed by atoms with van der Waals surface area (Å²) >= 11 is 0. The van der Waals surface area contributed by atoms with Crippen molar-refractivity contribution in [3.05, 3.63) is 65.9 Å². The van der Waals surface area contributed by atoms with E-state index in [-0.39, 0.29) is 5.91 Å². The minimum atomic E-state index is -0.360. The largest absolute Gasteiger partial charge is 0.486 e. The Labute approximate surface area is 156 Å². The van der Waals surface area contributed by atoms with Crippen LogP contribution in [0.4, 0.5) is 0 Å². The fourth-order valence-corrected chi connectivity index (χ4v) is 2.72. The van der Waals surface area contributed by atoms with Gasteiger partial charge in [0.1, 0.15) is 18.9 Å². The number of aromatic nitrogens is 2. The summed E-state index contributed by atoms with van der Waals surface area (Å²) in [5, 5.41) is 11.1. The van der Waals surface area contributed by atoms with E-state index in [1.165, 1.54) is 0 Å². The molecule has 0 bridgehead atoms. The number of hydrazone groups is 1. The van der Waals surface area contributed by atoms with Crippen molar-refractivity contribution in [2.45, 2.75) is 6.92 Å². The summed E-state index contributed by atoms with van der Waals surface area (Å²) < 4.78 is 11.1. The third kappa shape index (κ3) is 3.67. The number of H-pyrrole nitrogens is 1. The van der Waals surface area contributed by atoms with Crippen LogP contribution in [0.25, 0.3) is 11.3 Å². The lowest BCUT2D eigenvalue weighted by atomic mass is 10.1. The molecule has 0 saturated carbocycles. The number of hydrogen-bond acceptors (Lipinski definition) is 5. The number of aromatic amines is 1. The predicted octanol–water partition coefficient (Wildman–Crippen LogP) is 3.00. The molecule has 2 heterocycles. The topological polar surface area (TPSA) is 88.6 Å². The quantitative estimate of drug-likeness (QED) is 0.552. The van der Waals surface area contributed by atoms with Crippen molar-refractivity contribution in [2.24, 2.45) is 5.10 Å². The van der Waals surface area contributed by atoms with Crippen LogP contribution >= 0.6 is 0 Å². The van der Waals surface area contributed by atoms with Gasteiger partial charge in [-0.2, -0.15) is 10.2 Å². The summed E-state index contributed by atoms with van der Waals surface area (Å²) in [6, 6.07) is 16.9. The molecule has 0 radical (unpaired) electrons. The maximum absolute atomic E-state index is 12.3. The molecule has 136 valence electrons. The maximum Gasteiger partial charge on any atom is 0.289 e. The first-order chi connectivity index (χ1) is 13.2. The zero-order valence-corrected chi connectivity index (χ0v) is 14.7. The normalized spacial score (nSPS) is 13.3. The number of carbonyl (C=O) groups excluding carboxylic acids is 1. The molecule has 1 aliphatic heterocycles. The van der Waals surface area contributed by atoms with Gasteiger partial charge >= 0.3 is 0 Å². The van der Waals surface area contributed by atoms with Crippen LogP contribution in [-0.4, -0.2) is 35.0 Å². The van der Waals surface area contributed by atoms with Gasteiger partial charge in [-0.1, -0.05) is 30.3 Å². The highest BCUT2D eigenvalue weighted by molar-refractivity contribution is 6.01. The summed E-state index contributed by atoms with van der Waals surface area (Å²) in [5.41, 5.74) is 6.02. The van der Waals surface area contributed by atoms with Crippen LogP contribution in [0.1, 0.15) is 23.0 Å². The Morgan fingerprint density at radius 2 is 1.85 bits per heavy atom. The molecule has 0 aliphatic carbocycles. The molecule has 0 unspecified atom stereocenters. The molecular weight excluding hydrogens is 344 g/mol. The summed E-state index contributed by atoms with van der Waals surface area (Å²) in [6.07, 6.45) is 0. The van der Waals surface area contributed by atoms with Crippen LogP contribution < -0.4 is 14.9 Å². The monoisotopic (exact) mass is 362 g/mol. The van der Waals surface area contributed by atoms with Crippen LogP contribution in [0.5, 0.6) is 11.5 Å². The van der Waals surface area contributed by atoms with Gasteiger partial charge in [0.2, 0.25) is 0 Å². The first kappa shape index (κ1) is 16.8. The second-order valence-electron chi connectivity index (χ2n) is 6.03. The fourth-order valence-electron chi connectivity index (χ4n) is 2.72. The van der Waals surface area contributed by atoms with E-state index < -0.39 is 0 Å². The van der Waals surface area contributed by atoms with E-state index in [1.807, 2.05) is 55.5 Å². The molecule has 1 aromatic heterocycles. The lowest BCUT2D eigenvalue weighted by molar-refractivity contribution is 0.0950. The Kier molecular flexibility index (Phi) is 4.57. The van der Waals surface area contributed by atoms with E-state index in [2.05, 4.69) is 20.7 Å². The van der Waals surface area contributed by atoms with Crippen molar-refractivity contribution >= 4 is 11.6 Å². The number of carbonyl (C=O) groups is 1. The molecule has 0 spiro atoms. The smallest absolute Gasteiger partial charge is 0.289 e. The summed E-state index contributed by atoms with van der Waals surface area (Å²) in [6.45, 7) is 2.88. The number of amides is 1. The number of nitrogens with zero attached hydrogens (tertiary/aromatic N) is 2. The van der Waals surface area contributed by atoms with Crippen molar-refractivity contribution < 1.29 is 14.3 Å². The van der Waals surface area contributed by atoms with Gasteiger partial charge in [0.05, 0.1) is 11.4 Å². The fraction of sp³-hybridized carbons (Fsp3) is 0.150. The molecular formula is C20H18N4O3. The molecule has 1 aliphatic rings. The van der Waals surface area contributed by atoms with Crippen LogP contribution in [0.15, 0.2) is 59.7 Å². The van der Waals surface area contributed by atoms with Crippen LogP contribution in [-0.2, 0) is 0 Å². The highest BCUT2D eigenvalue weighted by atomic mass is 16.6. The number of hydrogen-bond donors (Lipinski definition) is 2. The van der Waals surface area contributed by atoms with Gasteiger partial charge in [0.15, 0.2) is 11.5 Å². The van der Waals surface area contributed by atoms with Gasteiger partial charge in [-0.15, -0.1) is 0 Å². The van der Waals surface area contributed by atoms with Gasteiger partial charge in [-0.25, -0.2) is 5.43 Å². The number of benzene rings is 2. The van der Waals surface area contributed by atoms with E-state index in [0.29, 0.717) is 41.8 Å². The third-order valence-corrected chi connectivity index (χ3v) is 4.18. The van der Waals surface area contributed by atoms with Gasteiger partial charge in [0, 0.05) is 11.1 Å². The first-order valence-corrected chi connectivity index (χ1v) is 8.56. The van der Waals surface area contributed by atoms with E-state index >= 15 is 0 Å². The van der Waals surface area contributed by atoms with E-state index in [9.17, 15) is 4.79 Å². The molecule has 7 nitrogen and oxygen atoms in total. The van der Waals surface area contributed by atoms with Crippen molar-refractivity contribution in [1.82, 2.24) is 15.6 Å². The average Bonchev–Trinajstić information content (AvgIpc) is 3.22. The molecule has 0 atom stereocenters. The Bertz CT molecular complexity index is 995. The van der Waals surface area contributed by atoms with Crippen LogP contribution in [0, 0.1) is 0 Å². The second kappa shape index (κ2) is 7.33. The lowest BCUT2D eigenvalue weighted by Gasteiger charge is -2.18. The molecule has 1 amide bonds. The zero-order valence-electron chi connectivity index (χ0n) is 14.7. The highest BCUT2D eigenvalue weighted by Gasteiger charge is 2.14. The number of nitrogens with one attached hydrogen (secondary N) is 2. The Morgan fingerprint density at radius 3 is 2.67 bits per heavy atom. The average molecular weight is 362 g/mol. The second-order valence-corrected chi connectivity index (χ2v) is 6.03. The maximum atomic E-state index is 12.3. The Balaban J connectivity index is 1.46. The van der Waals surface area contributed by atoms with Crippen LogP contribution in [0.2, 0.25) is 0 Å². The van der Waals surface area contributed by atoms with Crippen molar-refractivity contribution in [2.75, 3.05) is 13.2 Å². The molecule has 27 heavy (non-hydrogen) atoms. The van der Waals surface area contributed by atoms with Crippen molar-refractivity contribution in [1.29, 1.82) is 0 Å². The predicted molar refractivity (Wildman–Crippen MR) is 101 cm³/mol. The Morgan fingerprint density at radius 1 is 1.07 bits per heavy atom. The summed E-state index contributed by atoms with van der Waals surface area (Å²) in [7, 11) is 0. The standard InChI is InChI=1S/C20H18N4O3/c1-13(15-7-8-18-19(11-15)27-10-9-26-18)21-24-20(25)17-12-16(22-23-17)14-5-3-2-4-6-14/h2-8,11-12H,9-10H2,1H3,(H,22,23)(H,24,25). The minimum absolute atomic E-state index is 0.340. The van der Waals surface area contributed by atoms with Crippen molar-refractivity contribution in [3.63, 3.8) is 0 Å². The SMILES string of the molecule is CC(=NNC(=O)c1cc(-c2ccccc2)n[nH]1)c1ccc2c(c1)OCCO2. The van der Waals surface area contributed by atoms with Gasteiger partial charge < -0.3 is 9.47 Å². The third-order valence-electron chi connectivity index (χ3n) is 4.18. The number of ether oxygens (including phenoxy) is 2. The molecule has 7 heteroatoms. The van der Waals surface area contributed by atoms with Crippen LogP contribution in [0.3, 0.4) is 0 Å². The minimum Gasteiger partial charge on any atom is -0.486 e. The van der Waals surface area contributed by atoms with Gasteiger partial charge in [0.25, 0.3) is 5.91 Å². The van der Waals surface area contributed by atoms with Gasteiger partial charge in [-0.3, -0.25) is 9.89 Å². The van der Waals surface area contributed by atoms with E-state index in [4.69, 9.17) is 9.47 Å². The molecule has 0 saturated heterocycles. The van der Waals surface area contributed by atoms with E-state index in [1.54, 1.807) is 6.07 Å². The molecule has 2 N–H and O–H groups in total. The first-order valence-electron chi connectivity index (χ1n) is 8.56. The van der Waals surface area contributed by atoms with Gasteiger partial charge in [-0.05, 0) is 31.2 Å². The lowest BCUT2D eigenvalue weighted by Crippen LogP contribution is -2.20. The molecule has 2 aromatic carbocycles. The number of fused-ring (bicyclic) bond motifs is 1. The van der Waals surface area contributed by atoms with Crippen molar-refractivity contribution in [3.8, 4) is 22.8 Å². The molecule has 4 rings (SSSR count). The highest BCUT2D eigenvalue weighted by Crippen LogP contribution is 2.30. The zero-order chi connectivity index (χ0) is 18.6. The summed E-state index contributed by atoms with van der Waals surface area (Å²) in [4.78, 5) is 12.3. The number of rotatable bonds is 4. The molecule has 3 aromatic rings. The van der Waals surface area contributed by atoms with E-state index in [0.717, 1.165) is 11.1 Å². The molecule has 0 fully saturated rings. The Hall–Kier alpha value is -3.61.